The lowest BCUT2D eigenvalue weighted by molar-refractivity contribution is 0.307. The molecule has 1 aliphatic rings. The number of guanidine groups is 1. The van der Waals surface area contributed by atoms with Crippen molar-refractivity contribution in [1.29, 1.82) is 0 Å². The lowest BCUT2D eigenvalue weighted by Gasteiger charge is -2.31. The number of hydrogen-bond acceptors (Lipinski definition) is 5. The molecule has 0 fully saturated rings. The molecule has 0 radical (unpaired) electrons. The normalized spacial score (nSPS) is 17.1. The molecular weight excluding hydrogens is 547 g/mol. The highest BCUT2D eigenvalue weighted by molar-refractivity contribution is 14.1. The standard InChI is InChI=1S/C25H27IN4O2S/c26-21-11-13-24(14-12-21)33(31,32)29-22(15-19-7-3-1-4-8-19)18-30-23(17-28-25(30)27)16-20-9-5-2-6-10-20/h1-14,22-23,29H,15-18H2,(H2,27,28)/t22-,23-/m0/s1. The van der Waals surface area contributed by atoms with Crippen molar-refractivity contribution in [1.82, 2.24) is 9.62 Å². The molecule has 6 nitrogen and oxygen atoms in total. The third-order valence-electron chi connectivity index (χ3n) is 5.70. The van der Waals surface area contributed by atoms with Crippen molar-refractivity contribution < 1.29 is 8.42 Å². The third kappa shape index (κ3) is 6.33. The summed E-state index contributed by atoms with van der Waals surface area (Å²) in [5.74, 6) is 0.461. The number of nitrogens with two attached hydrogens (primary N) is 1. The van der Waals surface area contributed by atoms with Crippen LogP contribution >= 0.6 is 22.6 Å². The first kappa shape index (κ1) is 23.7. The maximum atomic E-state index is 13.2. The summed E-state index contributed by atoms with van der Waals surface area (Å²) in [5.41, 5.74) is 8.52. The van der Waals surface area contributed by atoms with Gasteiger partial charge in [0.1, 0.15) is 0 Å². The van der Waals surface area contributed by atoms with Crippen LogP contribution in [0.25, 0.3) is 0 Å². The van der Waals surface area contributed by atoms with E-state index in [2.05, 4.69) is 44.4 Å². The largest absolute Gasteiger partial charge is 0.370 e. The highest BCUT2D eigenvalue weighted by atomic mass is 127. The van der Waals surface area contributed by atoms with E-state index in [4.69, 9.17) is 5.73 Å². The monoisotopic (exact) mass is 574 g/mol. The van der Waals surface area contributed by atoms with Gasteiger partial charge in [-0.05, 0) is 70.8 Å². The molecule has 172 valence electrons. The predicted molar refractivity (Wildman–Crippen MR) is 141 cm³/mol. The van der Waals surface area contributed by atoms with Gasteiger partial charge in [0, 0.05) is 16.2 Å². The molecule has 1 heterocycles. The molecule has 4 rings (SSSR count). The van der Waals surface area contributed by atoms with Crippen LogP contribution in [0.1, 0.15) is 11.1 Å². The fourth-order valence-corrected chi connectivity index (χ4v) is 5.65. The van der Waals surface area contributed by atoms with Gasteiger partial charge in [-0.25, -0.2) is 13.1 Å². The molecule has 3 aromatic carbocycles. The Morgan fingerprint density at radius 1 is 0.970 bits per heavy atom. The predicted octanol–water partition coefficient (Wildman–Crippen LogP) is 3.42. The Bertz CT molecular complexity index is 1190. The maximum Gasteiger partial charge on any atom is 0.240 e. The van der Waals surface area contributed by atoms with Gasteiger partial charge in [0.05, 0.1) is 17.5 Å². The fourth-order valence-electron chi connectivity index (χ4n) is 4.06. The topological polar surface area (TPSA) is 87.8 Å². The van der Waals surface area contributed by atoms with Crippen LogP contribution in [0.5, 0.6) is 0 Å². The molecule has 0 amide bonds. The van der Waals surface area contributed by atoms with E-state index in [1.54, 1.807) is 24.3 Å². The van der Waals surface area contributed by atoms with E-state index < -0.39 is 10.0 Å². The molecule has 0 unspecified atom stereocenters. The number of aliphatic imine (C=N–C) groups is 1. The van der Waals surface area contributed by atoms with Crippen molar-refractivity contribution in [2.24, 2.45) is 10.7 Å². The average Bonchev–Trinajstić information content (AvgIpc) is 3.14. The second-order valence-electron chi connectivity index (χ2n) is 8.16. The van der Waals surface area contributed by atoms with Gasteiger partial charge in [-0.15, -0.1) is 0 Å². The maximum absolute atomic E-state index is 13.2. The molecule has 0 saturated heterocycles. The Balaban J connectivity index is 1.56. The van der Waals surface area contributed by atoms with E-state index >= 15 is 0 Å². The van der Waals surface area contributed by atoms with Crippen LogP contribution < -0.4 is 10.5 Å². The summed E-state index contributed by atoms with van der Waals surface area (Å²) in [6, 6.07) is 26.7. The molecule has 0 aromatic heterocycles. The smallest absolute Gasteiger partial charge is 0.240 e. The molecule has 2 atom stereocenters. The summed E-state index contributed by atoms with van der Waals surface area (Å²) in [6.45, 7) is 1.04. The number of halogens is 1. The Morgan fingerprint density at radius 2 is 1.58 bits per heavy atom. The minimum absolute atomic E-state index is 0.0912. The SMILES string of the molecule is NC1=NC[C@H](Cc2ccccc2)N1C[C@H](Cc1ccccc1)NS(=O)(=O)c1ccc(I)cc1. The summed E-state index contributed by atoms with van der Waals surface area (Å²) < 4.78 is 30.3. The van der Waals surface area contributed by atoms with E-state index in [-0.39, 0.29) is 17.0 Å². The summed E-state index contributed by atoms with van der Waals surface area (Å²) >= 11 is 2.16. The van der Waals surface area contributed by atoms with Crippen LogP contribution in [0.15, 0.2) is 94.8 Å². The van der Waals surface area contributed by atoms with E-state index in [0.29, 0.717) is 25.5 Å². The first-order chi connectivity index (χ1) is 15.9. The molecule has 0 aliphatic carbocycles. The van der Waals surface area contributed by atoms with Crippen LogP contribution in [0.4, 0.5) is 0 Å². The fraction of sp³-hybridized carbons (Fsp3) is 0.240. The second kappa shape index (κ2) is 10.7. The Kier molecular flexibility index (Phi) is 7.67. The molecule has 8 heteroatoms. The molecule has 0 bridgehead atoms. The Morgan fingerprint density at radius 3 is 2.21 bits per heavy atom. The van der Waals surface area contributed by atoms with Gasteiger partial charge in [0.25, 0.3) is 0 Å². The summed E-state index contributed by atoms with van der Waals surface area (Å²) in [6.07, 6.45) is 1.35. The zero-order chi connectivity index (χ0) is 23.3. The summed E-state index contributed by atoms with van der Waals surface area (Å²) in [5, 5.41) is 0. The number of rotatable bonds is 9. The van der Waals surface area contributed by atoms with Gasteiger partial charge in [0.2, 0.25) is 10.0 Å². The van der Waals surface area contributed by atoms with Crippen molar-refractivity contribution in [3.63, 3.8) is 0 Å². The van der Waals surface area contributed by atoms with E-state index in [9.17, 15) is 8.42 Å². The molecular formula is C25H27IN4O2S. The Labute approximate surface area is 209 Å². The number of nitrogens with zero attached hydrogens (tertiary/aromatic N) is 2. The van der Waals surface area contributed by atoms with Gasteiger partial charge in [0.15, 0.2) is 5.96 Å². The number of sulfonamides is 1. The first-order valence-electron chi connectivity index (χ1n) is 10.8. The molecule has 33 heavy (non-hydrogen) atoms. The lowest BCUT2D eigenvalue weighted by atomic mass is 10.0. The van der Waals surface area contributed by atoms with Crippen LogP contribution in [-0.2, 0) is 22.9 Å². The second-order valence-corrected chi connectivity index (χ2v) is 11.1. The van der Waals surface area contributed by atoms with Crippen LogP contribution in [0, 0.1) is 3.57 Å². The number of nitrogens with one attached hydrogen (secondary N) is 1. The van der Waals surface area contributed by atoms with Gasteiger partial charge < -0.3 is 10.6 Å². The van der Waals surface area contributed by atoms with E-state index in [1.807, 2.05) is 53.4 Å². The van der Waals surface area contributed by atoms with E-state index in [1.165, 1.54) is 5.56 Å². The van der Waals surface area contributed by atoms with Gasteiger partial charge in [-0.2, -0.15) is 0 Å². The zero-order valence-electron chi connectivity index (χ0n) is 18.1. The quantitative estimate of drug-likeness (QED) is 0.384. The Hall–Kier alpha value is -2.43. The number of hydrogen-bond donors (Lipinski definition) is 2. The molecule has 1 aliphatic heterocycles. The lowest BCUT2D eigenvalue weighted by Crippen LogP contribution is -2.51. The van der Waals surface area contributed by atoms with Crippen molar-refractivity contribution in [2.45, 2.75) is 29.8 Å². The van der Waals surface area contributed by atoms with Gasteiger partial charge in [-0.3, -0.25) is 4.99 Å². The van der Waals surface area contributed by atoms with Crippen molar-refractivity contribution in [2.75, 3.05) is 13.1 Å². The summed E-state index contributed by atoms with van der Waals surface area (Å²) in [7, 11) is -3.69. The van der Waals surface area contributed by atoms with Crippen LogP contribution in [0.3, 0.4) is 0 Å². The van der Waals surface area contributed by atoms with Crippen molar-refractivity contribution in [3.8, 4) is 0 Å². The highest BCUT2D eigenvalue weighted by Gasteiger charge is 2.30. The molecule has 0 spiro atoms. The average molecular weight is 574 g/mol. The zero-order valence-corrected chi connectivity index (χ0v) is 21.1. The minimum atomic E-state index is -3.69. The van der Waals surface area contributed by atoms with Crippen molar-refractivity contribution >= 4 is 38.6 Å². The van der Waals surface area contributed by atoms with Gasteiger partial charge >= 0.3 is 0 Å². The van der Waals surface area contributed by atoms with Crippen molar-refractivity contribution in [3.05, 3.63) is 99.6 Å². The van der Waals surface area contributed by atoms with Crippen LogP contribution in [-0.4, -0.2) is 44.5 Å². The molecule has 3 N–H and O–H groups in total. The third-order valence-corrected chi connectivity index (χ3v) is 7.96. The van der Waals surface area contributed by atoms with Gasteiger partial charge in [-0.1, -0.05) is 60.7 Å². The molecule has 3 aromatic rings. The molecule has 0 saturated carbocycles. The highest BCUT2D eigenvalue weighted by Crippen LogP contribution is 2.18. The first-order valence-corrected chi connectivity index (χ1v) is 13.4. The minimum Gasteiger partial charge on any atom is -0.370 e. The van der Waals surface area contributed by atoms with Crippen LogP contribution in [0.2, 0.25) is 0 Å². The van der Waals surface area contributed by atoms with E-state index in [0.717, 1.165) is 15.6 Å². The number of benzene rings is 3. The summed E-state index contributed by atoms with van der Waals surface area (Å²) in [4.78, 5) is 6.76.